The molecule has 1 unspecified atom stereocenters. The Hall–Kier alpha value is -3.98. The van der Waals surface area contributed by atoms with Gasteiger partial charge in [0, 0.05) is 0 Å². The van der Waals surface area contributed by atoms with E-state index in [4.69, 9.17) is 0 Å². The number of carbonyl (C=O) groups excluding carboxylic acids is 2. The Kier molecular flexibility index (Phi) is 7.34. The number of nitrogens with one attached hydrogen (secondary N) is 2. The number of para-hydroxylation sites is 2. The summed E-state index contributed by atoms with van der Waals surface area (Å²) in [4.78, 5) is 25.5. The Morgan fingerprint density at radius 2 is 1.71 bits per heavy atom. The first kappa shape index (κ1) is 23.2. The molecule has 7 nitrogen and oxygen atoms in total. The molecule has 34 heavy (non-hydrogen) atoms. The van der Waals surface area contributed by atoms with Crippen molar-refractivity contribution < 1.29 is 14.0 Å². The number of hydrogen-bond acceptors (Lipinski definition) is 5. The van der Waals surface area contributed by atoms with E-state index >= 15 is 0 Å². The van der Waals surface area contributed by atoms with Crippen LogP contribution in [0.3, 0.4) is 0 Å². The molecule has 0 saturated carbocycles. The van der Waals surface area contributed by atoms with Gasteiger partial charge in [-0.1, -0.05) is 66.4 Å². The average molecular weight is 476 g/mol. The van der Waals surface area contributed by atoms with Gasteiger partial charge in [0.15, 0.2) is 5.16 Å². The standard InChI is InChI=1S/C25H22FN5O2S/c1-17(18-9-3-2-4-10-18)28-24(33)19-11-5-7-13-21(19)29-23(32)15-34-25-30-27-16-31(25)22-14-8-6-12-20(22)26/h2-14,16-17H,15H2,1H3,(H,28,33)(H,29,32). The van der Waals surface area contributed by atoms with E-state index in [1.54, 1.807) is 42.5 Å². The molecule has 4 aromatic rings. The second kappa shape index (κ2) is 10.8. The SMILES string of the molecule is CC(NC(=O)c1ccccc1NC(=O)CSc1nncn1-c1ccccc1F)c1ccccc1. The van der Waals surface area contributed by atoms with Crippen molar-refractivity contribution in [2.24, 2.45) is 0 Å². The minimum Gasteiger partial charge on any atom is -0.345 e. The van der Waals surface area contributed by atoms with Crippen LogP contribution in [0.1, 0.15) is 28.9 Å². The minimum absolute atomic E-state index is 0.00349. The van der Waals surface area contributed by atoms with Crippen molar-refractivity contribution in [3.05, 3.63) is 102 Å². The number of carbonyl (C=O) groups is 2. The third-order valence-electron chi connectivity index (χ3n) is 5.05. The van der Waals surface area contributed by atoms with Crippen LogP contribution in [0, 0.1) is 5.82 Å². The summed E-state index contributed by atoms with van der Waals surface area (Å²) in [5.41, 5.74) is 2.04. The van der Waals surface area contributed by atoms with E-state index in [0.717, 1.165) is 17.3 Å². The molecular weight excluding hydrogens is 453 g/mol. The van der Waals surface area contributed by atoms with E-state index in [-0.39, 0.29) is 23.6 Å². The molecule has 2 amide bonds. The topological polar surface area (TPSA) is 88.9 Å². The number of nitrogens with zero attached hydrogens (tertiary/aromatic N) is 3. The summed E-state index contributed by atoms with van der Waals surface area (Å²) in [5, 5.41) is 13.9. The monoisotopic (exact) mass is 475 g/mol. The van der Waals surface area contributed by atoms with E-state index < -0.39 is 5.82 Å². The zero-order valence-electron chi connectivity index (χ0n) is 18.3. The summed E-state index contributed by atoms with van der Waals surface area (Å²) in [7, 11) is 0. The summed E-state index contributed by atoms with van der Waals surface area (Å²) in [6, 6.07) is 22.5. The highest BCUT2D eigenvalue weighted by atomic mass is 32.2. The zero-order valence-corrected chi connectivity index (χ0v) is 19.1. The molecule has 172 valence electrons. The van der Waals surface area contributed by atoms with Gasteiger partial charge >= 0.3 is 0 Å². The molecule has 0 aliphatic carbocycles. The molecule has 9 heteroatoms. The fourth-order valence-corrected chi connectivity index (χ4v) is 4.06. The predicted octanol–water partition coefficient (Wildman–Crippen LogP) is 4.63. The van der Waals surface area contributed by atoms with Gasteiger partial charge in [0.2, 0.25) is 5.91 Å². The molecule has 0 bridgehead atoms. The molecule has 3 aromatic carbocycles. The van der Waals surface area contributed by atoms with E-state index in [9.17, 15) is 14.0 Å². The van der Waals surface area contributed by atoms with Gasteiger partial charge in [-0.05, 0) is 36.8 Å². The van der Waals surface area contributed by atoms with E-state index in [1.165, 1.54) is 17.0 Å². The summed E-state index contributed by atoms with van der Waals surface area (Å²) in [6.07, 6.45) is 1.40. The van der Waals surface area contributed by atoms with E-state index in [2.05, 4.69) is 20.8 Å². The number of hydrogen-bond donors (Lipinski definition) is 2. The molecule has 4 rings (SSSR count). The molecule has 1 aromatic heterocycles. The summed E-state index contributed by atoms with van der Waals surface area (Å²) in [5.74, 6) is -1.04. The number of halogens is 1. The molecule has 0 saturated heterocycles. The van der Waals surface area contributed by atoms with Gasteiger partial charge in [-0.3, -0.25) is 14.2 Å². The maximum atomic E-state index is 14.1. The van der Waals surface area contributed by atoms with Crippen molar-refractivity contribution in [1.82, 2.24) is 20.1 Å². The predicted molar refractivity (Wildman–Crippen MR) is 129 cm³/mol. The van der Waals surface area contributed by atoms with Crippen molar-refractivity contribution in [3.63, 3.8) is 0 Å². The number of thioether (sulfide) groups is 1. The second-order valence-corrected chi connectivity index (χ2v) is 8.37. The molecule has 0 fully saturated rings. The van der Waals surface area contributed by atoms with Crippen LogP contribution in [0.4, 0.5) is 10.1 Å². The Labute approximate surface area is 200 Å². The van der Waals surface area contributed by atoms with Gasteiger partial charge in [0.25, 0.3) is 5.91 Å². The van der Waals surface area contributed by atoms with E-state index in [1.807, 2.05) is 37.3 Å². The van der Waals surface area contributed by atoms with Gasteiger partial charge in [0.1, 0.15) is 12.1 Å². The Morgan fingerprint density at radius 3 is 2.50 bits per heavy atom. The first-order chi connectivity index (χ1) is 16.5. The summed E-state index contributed by atoms with van der Waals surface area (Å²) in [6.45, 7) is 1.90. The smallest absolute Gasteiger partial charge is 0.253 e. The highest BCUT2D eigenvalue weighted by Gasteiger charge is 2.17. The number of rotatable bonds is 8. The van der Waals surface area contributed by atoms with Gasteiger partial charge < -0.3 is 10.6 Å². The minimum atomic E-state index is -0.418. The summed E-state index contributed by atoms with van der Waals surface area (Å²) >= 11 is 1.12. The third kappa shape index (κ3) is 5.49. The van der Waals surface area contributed by atoms with Crippen LogP contribution in [0.25, 0.3) is 5.69 Å². The molecule has 2 N–H and O–H groups in total. The quantitative estimate of drug-likeness (QED) is 0.363. The largest absolute Gasteiger partial charge is 0.345 e. The molecule has 0 spiro atoms. The molecule has 1 atom stereocenters. The van der Waals surface area contributed by atoms with Crippen LogP contribution in [-0.2, 0) is 4.79 Å². The van der Waals surface area contributed by atoms with Gasteiger partial charge in [-0.25, -0.2) is 4.39 Å². The molecule has 0 aliphatic heterocycles. The zero-order chi connectivity index (χ0) is 23.9. The fourth-order valence-electron chi connectivity index (χ4n) is 3.34. The van der Waals surface area contributed by atoms with Crippen molar-refractivity contribution in [2.45, 2.75) is 18.1 Å². The Bertz CT molecular complexity index is 1300. The normalized spacial score (nSPS) is 11.6. The number of aromatic nitrogens is 3. The fraction of sp³-hybridized carbons (Fsp3) is 0.120. The maximum Gasteiger partial charge on any atom is 0.253 e. The lowest BCUT2D eigenvalue weighted by molar-refractivity contribution is -0.113. The van der Waals surface area contributed by atoms with Gasteiger partial charge in [0.05, 0.1) is 28.7 Å². The lowest BCUT2D eigenvalue weighted by Gasteiger charge is -2.16. The summed E-state index contributed by atoms with van der Waals surface area (Å²) < 4.78 is 15.6. The second-order valence-electron chi connectivity index (χ2n) is 7.42. The molecule has 0 aliphatic rings. The Morgan fingerprint density at radius 1 is 1.00 bits per heavy atom. The van der Waals surface area contributed by atoms with Crippen LogP contribution in [0.15, 0.2) is 90.3 Å². The highest BCUT2D eigenvalue weighted by Crippen LogP contribution is 2.23. The van der Waals surface area contributed by atoms with Crippen LogP contribution >= 0.6 is 11.8 Å². The maximum absolute atomic E-state index is 14.1. The number of amides is 2. The first-order valence-corrected chi connectivity index (χ1v) is 11.5. The van der Waals surface area contributed by atoms with Crippen LogP contribution in [0.2, 0.25) is 0 Å². The van der Waals surface area contributed by atoms with Crippen molar-refractivity contribution >= 4 is 29.3 Å². The van der Waals surface area contributed by atoms with Crippen LogP contribution < -0.4 is 10.6 Å². The third-order valence-corrected chi connectivity index (χ3v) is 6.00. The van der Waals surface area contributed by atoms with Crippen LogP contribution in [0.5, 0.6) is 0 Å². The number of benzene rings is 3. The van der Waals surface area contributed by atoms with Crippen molar-refractivity contribution in [3.8, 4) is 5.69 Å². The van der Waals surface area contributed by atoms with Crippen molar-refractivity contribution in [1.29, 1.82) is 0 Å². The lowest BCUT2D eigenvalue weighted by atomic mass is 10.1. The van der Waals surface area contributed by atoms with Crippen LogP contribution in [-0.4, -0.2) is 32.3 Å². The van der Waals surface area contributed by atoms with E-state index in [0.29, 0.717) is 22.1 Å². The van der Waals surface area contributed by atoms with Gasteiger partial charge in [-0.2, -0.15) is 0 Å². The lowest BCUT2D eigenvalue weighted by Crippen LogP contribution is -2.28. The van der Waals surface area contributed by atoms with Gasteiger partial charge in [-0.15, -0.1) is 10.2 Å². The van der Waals surface area contributed by atoms with Crippen molar-refractivity contribution in [2.75, 3.05) is 11.1 Å². The molecule has 0 radical (unpaired) electrons. The Balaban J connectivity index is 1.41. The average Bonchev–Trinajstić information content (AvgIpc) is 3.32. The molecule has 1 heterocycles. The molecular formula is C25H22FN5O2S. The highest BCUT2D eigenvalue weighted by molar-refractivity contribution is 7.99. The number of anilines is 1. The first-order valence-electron chi connectivity index (χ1n) is 10.6.